The minimum Gasteiger partial charge on any atom is -0.475 e. The highest BCUT2D eigenvalue weighted by atomic mass is 32.2. The lowest BCUT2D eigenvalue weighted by atomic mass is 10.1. The lowest BCUT2D eigenvalue weighted by Gasteiger charge is -2.18. The van der Waals surface area contributed by atoms with Crippen LogP contribution in [0.5, 0.6) is 0 Å². The largest absolute Gasteiger partial charge is 0.475 e. The number of hydrogen-bond donors (Lipinski definition) is 2. The van der Waals surface area contributed by atoms with Crippen molar-refractivity contribution in [3.63, 3.8) is 0 Å². The molecule has 124 valence electrons. The summed E-state index contributed by atoms with van der Waals surface area (Å²) in [6, 6.07) is 2.60. The van der Waals surface area contributed by atoms with Gasteiger partial charge in [-0.1, -0.05) is 6.92 Å². The van der Waals surface area contributed by atoms with E-state index in [-0.39, 0.29) is 12.0 Å². The van der Waals surface area contributed by atoms with E-state index in [2.05, 4.69) is 9.14 Å². The van der Waals surface area contributed by atoms with Crippen LogP contribution in [0, 0.1) is 11.6 Å². The molecule has 6 nitrogen and oxygen atoms in total. The molecular weight excluding hydrogens is 332 g/mol. The van der Waals surface area contributed by atoms with Gasteiger partial charge in [0.1, 0.15) is 16.5 Å². The molecule has 2 N–H and O–H groups in total. The Balaban J connectivity index is 2.39. The zero-order valence-corrected chi connectivity index (χ0v) is 12.7. The monoisotopic (exact) mass is 345 g/mol. The van der Waals surface area contributed by atoms with Crippen LogP contribution < -0.4 is 4.72 Å². The summed E-state index contributed by atoms with van der Waals surface area (Å²) in [4.78, 5) is 10.4. The van der Waals surface area contributed by atoms with Crippen molar-refractivity contribution in [3.8, 4) is 0 Å². The van der Waals surface area contributed by atoms with E-state index in [1.54, 1.807) is 6.92 Å². The smallest absolute Gasteiger partial charge is 0.373 e. The zero-order valence-electron chi connectivity index (χ0n) is 11.9. The van der Waals surface area contributed by atoms with Crippen LogP contribution in [0.15, 0.2) is 39.8 Å². The molecule has 2 rings (SSSR count). The topological polar surface area (TPSA) is 96.6 Å². The molecule has 0 bridgehead atoms. The number of carbonyl (C=O) groups is 1. The SMILES string of the molecule is CCC(NS(=O)(=O)c1ccoc1C(=O)O)c1cc(F)ccc1F. The molecule has 1 atom stereocenters. The van der Waals surface area contributed by atoms with Crippen molar-refractivity contribution in [1.82, 2.24) is 4.72 Å². The third kappa shape index (κ3) is 3.57. The van der Waals surface area contributed by atoms with Gasteiger partial charge < -0.3 is 9.52 Å². The number of hydrogen-bond acceptors (Lipinski definition) is 4. The lowest BCUT2D eigenvalue weighted by Crippen LogP contribution is -2.29. The Labute approximate surface area is 130 Å². The predicted molar refractivity (Wildman–Crippen MR) is 75.4 cm³/mol. The number of sulfonamides is 1. The quantitative estimate of drug-likeness (QED) is 0.839. The van der Waals surface area contributed by atoms with Crippen molar-refractivity contribution < 1.29 is 31.5 Å². The van der Waals surface area contributed by atoms with Crippen molar-refractivity contribution in [3.05, 3.63) is 53.5 Å². The van der Waals surface area contributed by atoms with Crippen molar-refractivity contribution in [2.45, 2.75) is 24.3 Å². The van der Waals surface area contributed by atoms with Gasteiger partial charge in [0, 0.05) is 11.6 Å². The third-order valence-corrected chi connectivity index (χ3v) is 4.65. The number of furan rings is 1. The molecule has 1 heterocycles. The second-order valence-corrected chi connectivity index (χ2v) is 6.35. The number of nitrogens with one attached hydrogen (secondary N) is 1. The maximum atomic E-state index is 13.8. The van der Waals surface area contributed by atoms with E-state index in [0.29, 0.717) is 0 Å². The van der Waals surface area contributed by atoms with Gasteiger partial charge in [0.05, 0.1) is 6.26 Å². The summed E-state index contributed by atoms with van der Waals surface area (Å²) in [7, 11) is -4.30. The molecule has 0 spiro atoms. The van der Waals surface area contributed by atoms with Gasteiger partial charge in [-0.2, -0.15) is 0 Å². The molecule has 0 amide bonds. The first kappa shape index (κ1) is 17.1. The highest BCUT2D eigenvalue weighted by Crippen LogP contribution is 2.25. The van der Waals surface area contributed by atoms with E-state index in [4.69, 9.17) is 5.11 Å². The predicted octanol–water partition coefficient (Wildman–Crippen LogP) is 2.69. The molecule has 2 aromatic rings. The van der Waals surface area contributed by atoms with Crippen LogP contribution in [-0.2, 0) is 10.0 Å². The van der Waals surface area contributed by atoms with Crippen LogP contribution in [0.1, 0.15) is 35.5 Å². The maximum Gasteiger partial charge on any atom is 0.373 e. The van der Waals surface area contributed by atoms with Crippen LogP contribution in [0.3, 0.4) is 0 Å². The first-order valence-corrected chi connectivity index (χ1v) is 8.02. The number of rotatable bonds is 6. The second kappa shape index (κ2) is 6.47. The van der Waals surface area contributed by atoms with Crippen LogP contribution in [0.25, 0.3) is 0 Å². The fourth-order valence-electron chi connectivity index (χ4n) is 2.06. The Bertz CT molecular complexity index is 831. The fourth-order valence-corrected chi connectivity index (χ4v) is 3.47. The zero-order chi connectivity index (χ0) is 17.2. The summed E-state index contributed by atoms with van der Waals surface area (Å²) in [5, 5.41) is 8.91. The third-order valence-electron chi connectivity index (χ3n) is 3.15. The number of carboxylic acids is 1. The Kier molecular flexibility index (Phi) is 4.81. The van der Waals surface area contributed by atoms with Gasteiger partial charge >= 0.3 is 5.97 Å². The normalized spacial score (nSPS) is 13.0. The fraction of sp³-hybridized carbons (Fsp3) is 0.214. The standard InChI is InChI=1S/C14H13F2NO5S/c1-2-11(9-7-8(15)3-4-10(9)16)17-23(20,21)12-5-6-22-13(12)14(18)19/h3-7,11,17H,2H2,1H3,(H,18,19). The molecule has 0 aliphatic rings. The summed E-state index contributed by atoms with van der Waals surface area (Å²) in [6.45, 7) is 1.57. The van der Waals surface area contributed by atoms with Gasteiger partial charge in [0.25, 0.3) is 0 Å². The molecule has 9 heteroatoms. The van der Waals surface area contributed by atoms with Gasteiger partial charge in [-0.15, -0.1) is 0 Å². The van der Waals surface area contributed by atoms with E-state index in [1.807, 2.05) is 0 Å². The van der Waals surface area contributed by atoms with Crippen LogP contribution in [0.4, 0.5) is 8.78 Å². The molecule has 23 heavy (non-hydrogen) atoms. The molecular formula is C14H13F2NO5S. The van der Waals surface area contributed by atoms with E-state index in [1.165, 1.54) is 0 Å². The molecule has 0 aliphatic carbocycles. The number of carboxylic acid groups (broad SMARTS) is 1. The molecule has 0 saturated carbocycles. The first-order chi connectivity index (χ1) is 10.8. The lowest BCUT2D eigenvalue weighted by molar-refractivity contribution is 0.0656. The van der Waals surface area contributed by atoms with Crippen LogP contribution in [-0.4, -0.2) is 19.5 Å². The van der Waals surface area contributed by atoms with Crippen molar-refractivity contribution >= 4 is 16.0 Å². The molecule has 0 aliphatic heterocycles. The second-order valence-electron chi connectivity index (χ2n) is 4.67. The molecule has 1 aromatic heterocycles. The van der Waals surface area contributed by atoms with E-state index in [0.717, 1.165) is 30.5 Å². The van der Waals surface area contributed by atoms with Crippen LogP contribution >= 0.6 is 0 Å². The molecule has 0 fully saturated rings. The van der Waals surface area contributed by atoms with Gasteiger partial charge in [-0.05, 0) is 30.7 Å². The highest BCUT2D eigenvalue weighted by molar-refractivity contribution is 7.89. The van der Waals surface area contributed by atoms with E-state index in [9.17, 15) is 22.0 Å². The molecule has 1 aromatic carbocycles. The summed E-state index contributed by atoms with van der Waals surface area (Å²) in [5.41, 5.74) is -0.170. The number of aromatic carboxylic acids is 1. The Morgan fingerprint density at radius 2 is 2.04 bits per heavy atom. The molecule has 1 unspecified atom stereocenters. The molecule has 0 radical (unpaired) electrons. The molecule has 0 saturated heterocycles. The van der Waals surface area contributed by atoms with Gasteiger partial charge in [0.15, 0.2) is 0 Å². The number of halogens is 2. The Hall–Kier alpha value is -2.26. The van der Waals surface area contributed by atoms with Gasteiger partial charge in [-0.25, -0.2) is 26.7 Å². The van der Waals surface area contributed by atoms with Crippen molar-refractivity contribution in [1.29, 1.82) is 0 Å². The average Bonchev–Trinajstić information content (AvgIpc) is 2.98. The van der Waals surface area contributed by atoms with E-state index < -0.39 is 44.3 Å². The van der Waals surface area contributed by atoms with Crippen LogP contribution in [0.2, 0.25) is 0 Å². The summed E-state index contributed by atoms with van der Waals surface area (Å²) < 4.78 is 58.5. The minimum atomic E-state index is -4.30. The van der Waals surface area contributed by atoms with E-state index >= 15 is 0 Å². The Morgan fingerprint density at radius 3 is 2.65 bits per heavy atom. The minimum absolute atomic E-state index is 0.125. The summed E-state index contributed by atoms with van der Waals surface area (Å²) in [6.07, 6.45) is 1.04. The van der Waals surface area contributed by atoms with Gasteiger partial charge in [0.2, 0.25) is 15.8 Å². The van der Waals surface area contributed by atoms with Crippen molar-refractivity contribution in [2.24, 2.45) is 0 Å². The van der Waals surface area contributed by atoms with Crippen molar-refractivity contribution in [2.75, 3.05) is 0 Å². The average molecular weight is 345 g/mol. The Morgan fingerprint density at radius 1 is 1.35 bits per heavy atom. The maximum absolute atomic E-state index is 13.8. The number of benzene rings is 1. The highest BCUT2D eigenvalue weighted by Gasteiger charge is 2.29. The summed E-state index contributed by atoms with van der Waals surface area (Å²) >= 11 is 0. The first-order valence-electron chi connectivity index (χ1n) is 6.54. The van der Waals surface area contributed by atoms with Gasteiger partial charge in [-0.3, -0.25) is 0 Å². The summed E-state index contributed by atoms with van der Waals surface area (Å²) in [5.74, 6) is -3.80.